The summed E-state index contributed by atoms with van der Waals surface area (Å²) in [5.41, 5.74) is 14.1. The summed E-state index contributed by atoms with van der Waals surface area (Å²) in [5.74, 6) is 0.814. The lowest BCUT2D eigenvalue weighted by molar-refractivity contribution is 0.949. The lowest BCUT2D eigenvalue weighted by atomic mass is 9.90. The SMILES string of the molecule is CC1=C(/C(=C(\N)c2ccccc2)c2nc3c4ccccc4c4ccccc4c3[nH]2)C=CCC1. The Bertz CT molecular complexity index is 1540. The van der Waals surface area contributed by atoms with E-state index in [1.54, 1.807) is 0 Å². The van der Waals surface area contributed by atoms with Gasteiger partial charge in [0.2, 0.25) is 0 Å². The number of hydrogen-bond donors (Lipinski definition) is 2. The highest BCUT2D eigenvalue weighted by molar-refractivity contribution is 6.23. The largest absolute Gasteiger partial charge is 0.398 e. The first kappa shape index (κ1) is 19.6. The van der Waals surface area contributed by atoms with Crippen LogP contribution in [0.3, 0.4) is 0 Å². The van der Waals surface area contributed by atoms with Gasteiger partial charge in [-0.1, -0.05) is 96.6 Å². The molecule has 1 aromatic heterocycles. The number of rotatable bonds is 3. The number of hydrogen-bond acceptors (Lipinski definition) is 2. The van der Waals surface area contributed by atoms with Crippen molar-refractivity contribution in [1.29, 1.82) is 0 Å². The maximum Gasteiger partial charge on any atom is 0.141 e. The van der Waals surface area contributed by atoms with Gasteiger partial charge in [0.25, 0.3) is 0 Å². The Morgan fingerprint density at radius 3 is 2.18 bits per heavy atom. The van der Waals surface area contributed by atoms with Crippen LogP contribution in [0.25, 0.3) is 43.8 Å². The van der Waals surface area contributed by atoms with E-state index in [0.717, 1.165) is 57.5 Å². The van der Waals surface area contributed by atoms with Gasteiger partial charge < -0.3 is 10.7 Å². The third kappa shape index (κ3) is 3.16. The highest BCUT2D eigenvalue weighted by Crippen LogP contribution is 2.38. The van der Waals surface area contributed by atoms with Crippen LogP contribution in [0.1, 0.15) is 31.2 Å². The van der Waals surface area contributed by atoms with Gasteiger partial charge in [0, 0.05) is 16.3 Å². The number of nitrogens with two attached hydrogens (primary N) is 1. The van der Waals surface area contributed by atoms with Crippen LogP contribution in [0, 0.1) is 0 Å². The third-order valence-electron chi connectivity index (χ3n) is 6.66. The van der Waals surface area contributed by atoms with Gasteiger partial charge in [-0.3, -0.25) is 0 Å². The zero-order chi connectivity index (χ0) is 22.4. The number of aromatic amines is 1. The van der Waals surface area contributed by atoms with Gasteiger partial charge in [0.15, 0.2) is 0 Å². The predicted octanol–water partition coefficient (Wildman–Crippen LogP) is 7.36. The Labute approximate surface area is 193 Å². The molecular weight excluding hydrogens is 402 g/mol. The number of benzene rings is 4. The van der Waals surface area contributed by atoms with Crippen molar-refractivity contribution in [3.63, 3.8) is 0 Å². The van der Waals surface area contributed by atoms with Crippen LogP contribution < -0.4 is 5.73 Å². The molecule has 0 radical (unpaired) electrons. The predicted molar refractivity (Wildman–Crippen MR) is 140 cm³/mol. The molecule has 1 heterocycles. The van der Waals surface area contributed by atoms with Crippen molar-refractivity contribution in [2.45, 2.75) is 19.8 Å². The molecule has 33 heavy (non-hydrogen) atoms. The van der Waals surface area contributed by atoms with E-state index in [4.69, 9.17) is 10.7 Å². The Balaban J connectivity index is 1.72. The molecule has 0 bridgehead atoms. The highest BCUT2D eigenvalue weighted by atomic mass is 14.9. The molecule has 3 nitrogen and oxygen atoms in total. The monoisotopic (exact) mass is 427 g/mol. The summed E-state index contributed by atoms with van der Waals surface area (Å²) in [5, 5.41) is 4.77. The Morgan fingerprint density at radius 1 is 0.818 bits per heavy atom. The lowest BCUT2D eigenvalue weighted by Crippen LogP contribution is -2.06. The number of allylic oxidation sites excluding steroid dienone is 5. The van der Waals surface area contributed by atoms with E-state index in [1.165, 1.54) is 21.7 Å². The zero-order valence-corrected chi connectivity index (χ0v) is 18.6. The quantitative estimate of drug-likeness (QED) is 0.295. The van der Waals surface area contributed by atoms with Crippen molar-refractivity contribution in [2.75, 3.05) is 0 Å². The average molecular weight is 428 g/mol. The molecule has 0 saturated carbocycles. The normalized spacial score (nSPS) is 14.9. The van der Waals surface area contributed by atoms with Crippen molar-refractivity contribution < 1.29 is 0 Å². The minimum atomic E-state index is 0.740. The van der Waals surface area contributed by atoms with Gasteiger partial charge >= 0.3 is 0 Å². The fourth-order valence-electron chi connectivity index (χ4n) is 4.98. The molecule has 0 fully saturated rings. The van der Waals surface area contributed by atoms with Crippen molar-refractivity contribution >= 4 is 43.8 Å². The number of imidazole rings is 1. The molecule has 0 atom stereocenters. The van der Waals surface area contributed by atoms with Gasteiger partial charge in [-0.25, -0.2) is 4.98 Å². The Kier molecular flexibility index (Phi) is 4.62. The molecule has 160 valence electrons. The first-order valence-corrected chi connectivity index (χ1v) is 11.4. The van der Waals surface area contributed by atoms with Crippen LogP contribution in [0.4, 0.5) is 0 Å². The second-order valence-electron chi connectivity index (χ2n) is 8.69. The highest BCUT2D eigenvalue weighted by Gasteiger charge is 2.21. The first-order chi connectivity index (χ1) is 16.2. The Hall–Kier alpha value is -4.11. The van der Waals surface area contributed by atoms with Gasteiger partial charge in [-0.15, -0.1) is 0 Å². The van der Waals surface area contributed by atoms with Gasteiger partial charge in [-0.05, 0) is 41.7 Å². The molecule has 0 amide bonds. The summed E-state index contributed by atoms with van der Waals surface area (Å²) in [6.45, 7) is 2.20. The number of fused-ring (bicyclic) bond motifs is 6. The maximum absolute atomic E-state index is 6.86. The third-order valence-corrected chi connectivity index (χ3v) is 6.66. The van der Waals surface area contributed by atoms with E-state index in [9.17, 15) is 0 Å². The summed E-state index contributed by atoms with van der Waals surface area (Å²) < 4.78 is 0. The minimum absolute atomic E-state index is 0.740. The number of nitrogens with one attached hydrogen (secondary N) is 1. The fraction of sp³-hybridized carbons (Fsp3) is 0.100. The number of aromatic nitrogens is 2. The summed E-state index contributed by atoms with van der Waals surface area (Å²) >= 11 is 0. The number of nitrogens with zero attached hydrogens (tertiary/aromatic N) is 1. The topological polar surface area (TPSA) is 54.7 Å². The second kappa shape index (κ2) is 7.79. The molecule has 5 aromatic rings. The van der Waals surface area contributed by atoms with Crippen molar-refractivity contribution in [2.24, 2.45) is 5.73 Å². The maximum atomic E-state index is 6.86. The smallest absolute Gasteiger partial charge is 0.141 e. The van der Waals surface area contributed by atoms with Crippen LogP contribution in [0.15, 0.2) is 102 Å². The fourth-order valence-corrected chi connectivity index (χ4v) is 4.98. The van der Waals surface area contributed by atoms with Crippen LogP contribution in [0.2, 0.25) is 0 Å². The molecule has 0 aliphatic heterocycles. The molecule has 3 N–H and O–H groups in total. The summed E-state index contributed by atoms with van der Waals surface area (Å²) in [6.07, 6.45) is 6.52. The number of H-pyrrole nitrogens is 1. The molecule has 4 aromatic carbocycles. The molecule has 0 spiro atoms. The standard InChI is InChI=1S/C30H25N3/c1-19-11-5-6-14-21(19)26(27(31)20-12-3-2-4-13-20)30-32-28-24-17-9-7-15-22(24)23-16-8-10-18-25(23)29(28)33-30/h2-4,6-10,12-18H,5,11,31H2,1H3,(H,32,33)/b27-26+. The summed E-state index contributed by atoms with van der Waals surface area (Å²) in [6, 6.07) is 27.2. The first-order valence-electron chi connectivity index (χ1n) is 11.4. The van der Waals surface area contributed by atoms with Crippen molar-refractivity contribution in [3.05, 3.63) is 114 Å². The van der Waals surface area contributed by atoms with E-state index >= 15 is 0 Å². The van der Waals surface area contributed by atoms with Gasteiger partial charge in [0.1, 0.15) is 5.82 Å². The van der Waals surface area contributed by atoms with Crippen molar-refractivity contribution in [1.82, 2.24) is 9.97 Å². The molecule has 1 aliphatic rings. The van der Waals surface area contributed by atoms with Gasteiger partial charge in [0.05, 0.1) is 16.7 Å². The lowest BCUT2D eigenvalue weighted by Gasteiger charge is -2.17. The zero-order valence-electron chi connectivity index (χ0n) is 18.6. The van der Waals surface area contributed by atoms with Crippen LogP contribution in [-0.2, 0) is 0 Å². The average Bonchev–Trinajstić information content (AvgIpc) is 3.31. The Morgan fingerprint density at radius 2 is 1.45 bits per heavy atom. The van der Waals surface area contributed by atoms with Gasteiger partial charge in [-0.2, -0.15) is 0 Å². The molecular formula is C30H25N3. The second-order valence-corrected chi connectivity index (χ2v) is 8.69. The van der Waals surface area contributed by atoms with E-state index in [1.807, 2.05) is 18.2 Å². The van der Waals surface area contributed by atoms with E-state index in [2.05, 4.69) is 84.7 Å². The minimum Gasteiger partial charge on any atom is -0.398 e. The molecule has 0 unspecified atom stereocenters. The van der Waals surface area contributed by atoms with Crippen LogP contribution >= 0.6 is 0 Å². The van der Waals surface area contributed by atoms with Crippen molar-refractivity contribution in [3.8, 4) is 0 Å². The molecule has 3 heteroatoms. The molecule has 0 saturated heterocycles. The molecule has 1 aliphatic carbocycles. The molecule has 6 rings (SSSR count). The van der Waals surface area contributed by atoms with Crippen LogP contribution in [-0.4, -0.2) is 9.97 Å². The van der Waals surface area contributed by atoms with Crippen LogP contribution in [0.5, 0.6) is 0 Å². The van der Waals surface area contributed by atoms with E-state index in [-0.39, 0.29) is 0 Å². The summed E-state index contributed by atoms with van der Waals surface area (Å²) in [7, 11) is 0. The van der Waals surface area contributed by atoms with E-state index in [0.29, 0.717) is 0 Å². The van der Waals surface area contributed by atoms with E-state index < -0.39 is 0 Å². The summed E-state index contributed by atoms with van der Waals surface area (Å²) in [4.78, 5) is 8.87.